The van der Waals surface area contributed by atoms with E-state index < -0.39 is 5.41 Å². The van der Waals surface area contributed by atoms with E-state index in [1.165, 1.54) is 22.3 Å². The molecule has 2 N–H and O–H groups in total. The second-order valence-electron chi connectivity index (χ2n) is 10.4. The molecule has 43 heavy (non-hydrogen) atoms. The first-order valence-electron chi connectivity index (χ1n) is 14.0. The smallest absolute Gasteiger partial charge is 0.257 e. The lowest BCUT2D eigenvalue weighted by Gasteiger charge is -2.34. The molecule has 6 aromatic rings. The van der Waals surface area contributed by atoms with Crippen molar-refractivity contribution in [2.24, 2.45) is 0 Å². The molecular weight excluding hydrogens is 532 g/mol. The summed E-state index contributed by atoms with van der Waals surface area (Å²) in [6.07, 6.45) is 6.38. The van der Waals surface area contributed by atoms with Gasteiger partial charge in [-0.05, 0) is 81.9 Å². The van der Waals surface area contributed by atoms with Crippen molar-refractivity contribution < 1.29 is 9.59 Å². The van der Waals surface area contributed by atoms with E-state index in [4.69, 9.17) is 0 Å². The summed E-state index contributed by atoms with van der Waals surface area (Å²) in [4.78, 5) is 33.7. The monoisotopic (exact) mass is 558 g/mol. The van der Waals surface area contributed by atoms with Crippen LogP contribution in [0.1, 0.15) is 43.0 Å². The molecule has 0 aliphatic heterocycles. The summed E-state index contributed by atoms with van der Waals surface area (Å²) in [5.41, 5.74) is 8.63. The third-order valence-corrected chi connectivity index (χ3v) is 7.95. The number of hydrogen-bond acceptors (Lipinski definition) is 4. The minimum atomic E-state index is -0.606. The van der Waals surface area contributed by atoms with Crippen molar-refractivity contribution in [2.75, 3.05) is 10.6 Å². The summed E-state index contributed by atoms with van der Waals surface area (Å²) >= 11 is 0. The zero-order chi connectivity index (χ0) is 29.2. The highest BCUT2D eigenvalue weighted by molar-refractivity contribution is 6.04. The van der Waals surface area contributed by atoms with Gasteiger partial charge in [-0.3, -0.25) is 19.6 Å². The van der Waals surface area contributed by atoms with Gasteiger partial charge in [-0.15, -0.1) is 0 Å². The summed E-state index contributed by atoms with van der Waals surface area (Å²) in [7, 11) is 0. The Bertz CT molecular complexity index is 1790. The molecular formula is C37H26N4O2. The third-order valence-electron chi connectivity index (χ3n) is 7.95. The van der Waals surface area contributed by atoms with Crippen molar-refractivity contribution in [3.05, 3.63) is 179 Å². The normalized spacial score (nSPS) is 12.6. The SMILES string of the molecule is O=C(Nc1ccc(C2(c3ccc(NC(=O)c4cccnc4)cc3)c3ccccc3-c3ccccc32)cc1)c1cccnc1. The van der Waals surface area contributed by atoms with Gasteiger partial charge < -0.3 is 10.6 Å². The van der Waals surface area contributed by atoms with Crippen molar-refractivity contribution in [2.45, 2.75) is 5.41 Å². The van der Waals surface area contributed by atoms with Crippen molar-refractivity contribution in [3.63, 3.8) is 0 Å². The number of nitrogens with zero attached hydrogens (tertiary/aromatic N) is 2. The standard InChI is InChI=1S/C37H26N4O2/c42-35(25-7-5-21-38-23-25)40-29-17-13-27(14-18-29)37(33-11-3-1-9-31(33)32-10-2-4-12-34(32)37)28-15-19-30(20-16-28)41-36(43)26-8-6-22-39-24-26/h1-24H,(H,40,42)(H,41,43). The van der Waals surface area contributed by atoms with Gasteiger partial charge in [0.05, 0.1) is 16.5 Å². The number of carbonyl (C=O) groups excluding carboxylic acids is 2. The van der Waals surface area contributed by atoms with E-state index in [1.54, 1.807) is 49.1 Å². The fourth-order valence-electron chi connectivity index (χ4n) is 6.03. The zero-order valence-corrected chi connectivity index (χ0v) is 23.1. The molecule has 2 aromatic heterocycles. The maximum atomic E-state index is 12.8. The molecule has 0 radical (unpaired) electrons. The van der Waals surface area contributed by atoms with E-state index in [9.17, 15) is 9.59 Å². The Morgan fingerprint density at radius 3 is 1.30 bits per heavy atom. The highest BCUT2D eigenvalue weighted by atomic mass is 16.2. The second-order valence-corrected chi connectivity index (χ2v) is 10.4. The lowest BCUT2D eigenvalue weighted by Crippen LogP contribution is -2.28. The Labute approximate surface area is 249 Å². The van der Waals surface area contributed by atoms with Gasteiger partial charge in [0.1, 0.15) is 0 Å². The fourth-order valence-corrected chi connectivity index (χ4v) is 6.03. The number of carbonyl (C=O) groups is 2. The first-order valence-corrected chi connectivity index (χ1v) is 14.0. The maximum Gasteiger partial charge on any atom is 0.257 e. The predicted molar refractivity (Wildman–Crippen MR) is 168 cm³/mol. The van der Waals surface area contributed by atoms with Gasteiger partial charge in [0.2, 0.25) is 0 Å². The molecule has 6 nitrogen and oxygen atoms in total. The van der Waals surface area contributed by atoms with Crippen LogP contribution in [0, 0.1) is 0 Å². The number of rotatable bonds is 6. The number of anilines is 2. The van der Waals surface area contributed by atoms with E-state index >= 15 is 0 Å². The van der Waals surface area contributed by atoms with E-state index in [2.05, 4.69) is 93.4 Å². The molecule has 206 valence electrons. The maximum absolute atomic E-state index is 12.8. The fraction of sp³-hybridized carbons (Fsp3) is 0.0270. The molecule has 2 heterocycles. The van der Waals surface area contributed by atoms with Gasteiger partial charge in [-0.1, -0.05) is 72.8 Å². The van der Waals surface area contributed by atoms with Crippen LogP contribution in [0.5, 0.6) is 0 Å². The van der Waals surface area contributed by atoms with Gasteiger partial charge in [-0.2, -0.15) is 0 Å². The van der Waals surface area contributed by atoms with Crippen LogP contribution in [0.25, 0.3) is 11.1 Å². The van der Waals surface area contributed by atoms with Crippen LogP contribution in [0.15, 0.2) is 146 Å². The van der Waals surface area contributed by atoms with Crippen LogP contribution in [0.2, 0.25) is 0 Å². The van der Waals surface area contributed by atoms with Crippen LogP contribution < -0.4 is 10.6 Å². The Balaban J connectivity index is 1.30. The Morgan fingerprint density at radius 1 is 0.488 bits per heavy atom. The molecule has 0 saturated carbocycles. The molecule has 0 unspecified atom stereocenters. The van der Waals surface area contributed by atoms with Crippen LogP contribution in [-0.4, -0.2) is 21.8 Å². The van der Waals surface area contributed by atoms with Crippen molar-refractivity contribution >= 4 is 23.2 Å². The largest absolute Gasteiger partial charge is 0.322 e. The number of amides is 2. The number of pyridine rings is 2. The third kappa shape index (κ3) is 4.55. The Kier molecular flexibility index (Phi) is 6.56. The summed E-state index contributed by atoms with van der Waals surface area (Å²) in [5.74, 6) is -0.424. The van der Waals surface area contributed by atoms with Crippen LogP contribution in [-0.2, 0) is 5.41 Å². The lowest BCUT2D eigenvalue weighted by atomic mass is 9.67. The topological polar surface area (TPSA) is 84.0 Å². The Morgan fingerprint density at radius 2 is 0.907 bits per heavy atom. The molecule has 1 aliphatic rings. The molecule has 2 amide bonds. The molecule has 0 saturated heterocycles. The average molecular weight is 559 g/mol. The van der Waals surface area contributed by atoms with Gasteiger partial charge in [-0.25, -0.2) is 0 Å². The molecule has 0 bridgehead atoms. The van der Waals surface area contributed by atoms with Gasteiger partial charge in [0.15, 0.2) is 0 Å². The highest BCUT2D eigenvalue weighted by Gasteiger charge is 2.45. The second kappa shape index (κ2) is 10.8. The van der Waals surface area contributed by atoms with E-state index in [0.717, 1.165) is 11.1 Å². The molecule has 6 heteroatoms. The number of hydrogen-bond donors (Lipinski definition) is 2. The van der Waals surface area contributed by atoms with E-state index in [-0.39, 0.29) is 11.8 Å². The van der Waals surface area contributed by atoms with E-state index in [0.29, 0.717) is 22.5 Å². The molecule has 0 fully saturated rings. The summed E-state index contributed by atoms with van der Waals surface area (Å²) < 4.78 is 0. The van der Waals surface area contributed by atoms with Gasteiger partial charge in [0, 0.05) is 36.2 Å². The number of benzene rings is 4. The summed E-state index contributed by atoms with van der Waals surface area (Å²) in [6.45, 7) is 0. The minimum absolute atomic E-state index is 0.212. The van der Waals surface area contributed by atoms with Crippen molar-refractivity contribution in [1.82, 2.24) is 9.97 Å². The van der Waals surface area contributed by atoms with E-state index in [1.807, 2.05) is 24.3 Å². The molecule has 4 aromatic carbocycles. The molecule has 7 rings (SSSR count). The molecule has 0 spiro atoms. The van der Waals surface area contributed by atoms with Crippen molar-refractivity contribution in [1.29, 1.82) is 0 Å². The first kappa shape index (κ1) is 26.0. The quantitative estimate of drug-likeness (QED) is 0.224. The van der Waals surface area contributed by atoms with Gasteiger partial charge in [0.25, 0.3) is 11.8 Å². The first-order chi connectivity index (χ1) is 21.1. The lowest BCUT2D eigenvalue weighted by molar-refractivity contribution is 0.101. The van der Waals surface area contributed by atoms with Crippen LogP contribution >= 0.6 is 0 Å². The number of aromatic nitrogens is 2. The summed E-state index contributed by atoms with van der Waals surface area (Å²) in [6, 6.07) is 40.0. The van der Waals surface area contributed by atoms with Crippen LogP contribution in [0.4, 0.5) is 11.4 Å². The minimum Gasteiger partial charge on any atom is -0.322 e. The number of fused-ring (bicyclic) bond motifs is 3. The van der Waals surface area contributed by atoms with Crippen molar-refractivity contribution in [3.8, 4) is 11.1 Å². The average Bonchev–Trinajstić information content (AvgIpc) is 3.37. The Hall–Kier alpha value is -5.88. The highest BCUT2D eigenvalue weighted by Crippen LogP contribution is 2.56. The van der Waals surface area contributed by atoms with Gasteiger partial charge >= 0.3 is 0 Å². The molecule has 1 aliphatic carbocycles. The number of nitrogens with one attached hydrogen (secondary N) is 2. The van der Waals surface area contributed by atoms with Crippen LogP contribution in [0.3, 0.4) is 0 Å². The predicted octanol–water partition coefficient (Wildman–Crippen LogP) is 7.34. The summed E-state index contributed by atoms with van der Waals surface area (Å²) in [5, 5.41) is 5.96. The molecule has 0 atom stereocenters. The zero-order valence-electron chi connectivity index (χ0n) is 23.1.